The van der Waals surface area contributed by atoms with Crippen LogP contribution < -0.4 is 5.73 Å². The fraction of sp³-hybridized carbons (Fsp3) is 0.467. The maximum atomic E-state index is 6.17. The Bertz CT molecular complexity index is 602. The molecule has 2 N–H and O–H groups in total. The molecule has 0 bridgehead atoms. The lowest BCUT2D eigenvalue weighted by Crippen LogP contribution is -2.26. The summed E-state index contributed by atoms with van der Waals surface area (Å²) in [7, 11) is 0. The van der Waals surface area contributed by atoms with Gasteiger partial charge < -0.3 is 15.0 Å². The van der Waals surface area contributed by atoms with Crippen molar-refractivity contribution in [3.8, 4) is 0 Å². The average Bonchev–Trinajstić information content (AvgIpc) is 2.97. The summed E-state index contributed by atoms with van der Waals surface area (Å²) in [5.41, 5.74) is 6.35. The second kappa shape index (κ2) is 6.56. The lowest BCUT2D eigenvalue weighted by atomic mass is 10.0. The Labute approximate surface area is 129 Å². The van der Waals surface area contributed by atoms with Crippen LogP contribution in [-0.2, 0) is 10.3 Å². The Morgan fingerprint density at radius 2 is 2.10 bits per heavy atom. The highest BCUT2D eigenvalue weighted by Crippen LogP contribution is 2.30. The third-order valence-corrected chi connectivity index (χ3v) is 3.90. The topological polar surface area (TPSA) is 74.2 Å². The Balaban J connectivity index is 2.29. The van der Waals surface area contributed by atoms with Crippen molar-refractivity contribution in [2.75, 3.05) is 6.61 Å². The number of ether oxygens (including phenoxy) is 1. The minimum Gasteiger partial charge on any atom is -0.367 e. The molecule has 1 aromatic heterocycles. The van der Waals surface area contributed by atoms with E-state index in [1.165, 1.54) is 0 Å². The maximum Gasteiger partial charge on any atom is 0.248 e. The highest BCUT2D eigenvalue weighted by Gasteiger charge is 2.32. The summed E-state index contributed by atoms with van der Waals surface area (Å²) in [6.45, 7) is 6.46. The van der Waals surface area contributed by atoms with Crippen LogP contribution in [0, 0.1) is 0 Å². The zero-order valence-electron chi connectivity index (χ0n) is 12.5. The van der Waals surface area contributed by atoms with Gasteiger partial charge in [0.25, 0.3) is 0 Å². The van der Waals surface area contributed by atoms with Gasteiger partial charge in [0.2, 0.25) is 11.7 Å². The van der Waals surface area contributed by atoms with Crippen LogP contribution in [0.5, 0.6) is 0 Å². The van der Waals surface area contributed by atoms with Gasteiger partial charge in [0.15, 0.2) is 0 Å². The molecular formula is C15H20ClN3O2. The van der Waals surface area contributed by atoms with Gasteiger partial charge in [0.05, 0.1) is 0 Å². The Hall–Kier alpha value is -1.43. The van der Waals surface area contributed by atoms with Crippen molar-refractivity contribution >= 4 is 11.6 Å². The quantitative estimate of drug-likeness (QED) is 0.884. The van der Waals surface area contributed by atoms with Crippen molar-refractivity contribution in [1.82, 2.24) is 10.1 Å². The van der Waals surface area contributed by atoms with Crippen LogP contribution in [0.25, 0.3) is 0 Å². The minimum atomic E-state index is -0.573. The van der Waals surface area contributed by atoms with E-state index < -0.39 is 11.6 Å². The molecular weight excluding hydrogens is 290 g/mol. The van der Waals surface area contributed by atoms with Gasteiger partial charge in [-0.3, -0.25) is 0 Å². The molecule has 1 unspecified atom stereocenters. The zero-order chi connectivity index (χ0) is 15.5. The van der Waals surface area contributed by atoms with Crippen LogP contribution in [0.2, 0.25) is 5.02 Å². The van der Waals surface area contributed by atoms with Crippen molar-refractivity contribution in [3.63, 3.8) is 0 Å². The number of hydrogen-bond donors (Lipinski definition) is 1. The molecule has 5 nitrogen and oxygen atoms in total. The molecule has 0 fully saturated rings. The van der Waals surface area contributed by atoms with Crippen molar-refractivity contribution in [1.29, 1.82) is 0 Å². The molecule has 0 radical (unpaired) electrons. The largest absolute Gasteiger partial charge is 0.367 e. The molecule has 0 saturated carbocycles. The zero-order valence-corrected chi connectivity index (χ0v) is 13.2. The maximum absolute atomic E-state index is 6.17. The fourth-order valence-corrected chi connectivity index (χ4v) is 2.33. The van der Waals surface area contributed by atoms with E-state index in [2.05, 4.69) is 10.1 Å². The van der Waals surface area contributed by atoms with Crippen LogP contribution in [0.1, 0.15) is 50.5 Å². The SMILES string of the molecule is CCOC(C)(CC)c1noc([C@H](N)c2ccccc2Cl)n1. The highest BCUT2D eigenvalue weighted by atomic mass is 35.5. The van der Waals surface area contributed by atoms with E-state index in [1.54, 1.807) is 6.07 Å². The first-order chi connectivity index (χ1) is 10.0. The van der Waals surface area contributed by atoms with E-state index in [1.807, 2.05) is 39.0 Å². The molecule has 0 amide bonds. The smallest absolute Gasteiger partial charge is 0.248 e. The monoisotopic (exact) mass is 309 g/mol. The predicted molar refractivity (Wildman–Crippen MR) is 81.0 cm³/mol. The summed E-state index contributed by atoms with van der Waals surface area (Å²) >= 11 is 6.15. The van der Waals surface area contributed by atoms with E-state index in [9.17, 15) is 0 Å². The Morgan fingerprint density at radius 3 is 2.71 bits per heavy atom. The Kier molecular flexibility index (Phi) is 4.98. The molecule has 2 rings (SSSR count). The van der Waals surface area contributed by atoms with Gasteiger partial charge in [-0.05, 0) is 31.9 Å². The second-order valence-electron chi connectivity index (χ2n) is 4.97. The normalized spacial score (nSPS) is 15.7. The number of halogens is 1. The van der Waals surface area contributed by atoms with Crippen molar-refractivity contribution < 1.29 is 9.26 Å². The minimum absolute atomic E-state index is 0.331. The number of nitrogens with zero attached hydrogens (tertiary/aromatic N) is 2. The summed E-state index contributed by atoms with van der Waals surface area (Å²) in [5.74, 6) is 0.835. The van der Waals surface area contributed by atoms with Crippen molar-refractivity contribution in [2.24, 2.45) is 5.73 Å². The van der Waals surface area contributed by atoms with Gasteiger partial charge in [0.1, 0.15) is 11.6 Å². The van der Waals surface area contributed by atoms with Crippen LogP contribution in [0.3, 0.4) is 0 Å². The Morgan fingerprint density at radius 1 is 1.38 bits per heavy atom. The van der Waals surface area contributed by atoms with Gasteiger partial charge in [-0.2, -0.15) is 4.98 Å². The van der Waals surface area contributed by atoms with E-state index in [0.717, 1.165) is 12.0 Å². The van der Waals surface area contributed by atoms with Crippen LogP contribution in [0.4, 0.5) is 0 Å². The first kappa shape index (κ1) is 15.9. The van der Waals surface area contributed by atoms with Gasteiger partial charge in [-0.15, -0.1) is 0 Å². The molecule has 1 aromatic carbocycles. The predicted octanol–water partition coefficient (Wildman–Crippen LogP) is 3.43. The summed E-state index contributed by atoms with van der Waals surface area (Å²) < 4.78 is 11.0. The number of benzene rings is 1. The molecule has 0 aliphatic carbocycles. The number of rotatable bonds is 6. The number of aromatic nitrogens is 2. The molecule has 0 saturated heterocycles. The lowest BCUT2D eigenvalue weighted by Gasteiger charge is -2.23. The summed E-state index contributed by atoms with van der Waals surface area (Å²) in [6.07, 6.45) is 0.737. The fourth-order valence-electron chi connectivity index (χ4n) is 2.08. The molecule has 114 valence electrons. The summed E-state index contributed by atoms with van der Waals surface area (Å²) in [5, 5.41) is 4.60. The first-order valence-corrected chi connectivity index (χ1v) is 7.37. The second-order valence-corrected chi connectivity index (χ2v) is 5.38. The summed E-state index contributed by atoms with van der Waals surface area (Å²) in [6, 6.07) is 6.79. The molecule has 1 heterocycles. The van der Waals surface area contributed by atoms with Crippen LogP contribution >= 0.6 is 11.6 Å². The molecule has 0 aliphatic rings. The standard InChI is InChI=1S/C15H20ClN3O2/c1-4-15(3,20-5-2)14-18-13(21-19-14)12(17)10-8-6-7-9-11(10)16/h6-9,12H,4-5,17H2,1-3H3/t12-,15?/m1/s1. The lowest BCUT2D eigenvalue weighted by molar-refractivity contribution is -0.0403. The van der Waals surface area contributed by atoms with E-state index >= 15 is 0 Å². The van der Waals surface area contributed by atoms with Crippen molar-refractivity contribution in [3.05, 3.63) is 46.6 Å². The molecule has 6 heteroatoms. The van der Waals surface area contributed by atoms with Crippen LogP contribution in [0.15, 0.2) is 28.8 Å². The number of hydrogen-bond acceptors (Lipinski definition) is 5. The van der Waals surface area contributed by atoms with E-state index in [4.69, 9.17) is 26.6 Å². The van der Waals surface area contributed by atoms with Crippen LogP contribution in [-0.4, -0.2) is 16.7 Å². The molecule has 0 aliphatic heterocycles. The van der Waals surface area contributed by atoms with E-state index in [-0.39, 0.29) is 0 Å². The molecule has 21 heavy (non-hydrogen) atoms. The first-order valence-electron chi connectivity index (χ1n) is 7.00. The third kappa shape index (κ3) is 3.26. The third-order valence-electron chi connectivity index (χ3n) is 3.56. The summed E-state index contributed by atoms with van der Waals surface area (Å²) in [4.78, 5) is 4.40. The van der Waals surface area contributed by atoms with Gasteiger partial charge in [-0.1, -0.05) is 41.9 Å². The average molecular weight is 310 g/mol. The van der Waals surface area contributed by atoms with Gasteiger partial charge in [-0.25, -0.2) is 0 Å². The van der Waals surface area contributed by atoms with Crippen molar-refractivity contribution in [2.45, 2.75) is 38.8 Å². The molecule has 2 atom stereocenters. The number of nitrogens with two attached hydrogens (primary N) is 1. The molecule has 2 aromatic rings. The van der Waals surface area contributed by atoms with Gasteiger partial charge >= 0.3 is 0 Å². The highest BCUT2D eigenvalue weighted by molar-refractivity contribution is 6.31. The van der Waals surface area contributed by atoms with Gasteiger partial charge in [0, 0.05) is 11.6 Å². The van der Waals surface area contributed by atoms with E-state index in [0.29, 0.717) is 23.3 Å². The molecule has 0 spiro atoms.